The lowest BCUT2D eigenvalue weighted by Crippen LogP contribution is -2.24. The first kappa shape index (κ1) is 17.2. The predicted molar refractivity (Wildman–Crippen MR) is 90.4 cm³/mol. The first-order valence-electron chi connectivity index (χ1n) is 7.78. The van der Waals surface area contributed by atoms with Crippen molar-refractivity contribution in [1.82, 2.24) is 9.47 Å². The summed E-state index contributed by atoms with van der Waals surface area (Å²) in [5, 5.41) is 19.3. The number of aliphatic hydroxyl groups excluding tert-OH is 1. The van der Waals surface area contributed by atoms with Gasteiger partial charge in [0.15, 0.2) is 5.75 Å². The van der Waals surface area contributed by atoms with Gasteiger partial charge in [-0.1, -0.05) is 30.3 Å². The second-order valence-corrected chi connectivity index (χ2v) is 5.83. The third kappa shape index (κ3) is 4.43. The Kier molecular flexibility index (Phi) is 5.96. The minimum Gasteiger partial charge on any atom is -0.503 e. The van der Waals surface area contributed by atoms with Crippen molar-refractivity contribution in [2.45, 2.75) is 33.0 Å². The van der Waals surface area contributed by atoms with Gasteiger partial charge in [0.2, 0.25) is 5.43 Å². The fraction of sp³-hybridized carbons (Fsp3) is 0.389. The van der Waals surface area contributed by atoms with E-state index in [0.29, 0.717) is 25.2 Å². The molecule has 0 amide bonds. The van der Waals surface area contributed by atoms with Crippen LogP contribution in [0.2, 0.25) is 0 Å². The quantitative estimate of drug-likeness (QED) is 0.818. The van der Waals surface area contributed by atoms with Crippen LogP contribution in [-0.2, 0) is 19.6 Å². The summed E-state index contributed by atoms with van der Waals surface area (Å²) in [6.45, 7) is 3.68. The van der Waals surface area contributed by atoms with Crippen LogP contribution in [0.3, 0.4) is 0 Å². The lowest BCUT2D eigenvalue weighted by Gasteiger charge is -2.22. The Bertz CT molecular complexity index is 695. The number of hydrogen-bond acceptors (Lipinski definition) is 4. The van der Waals surface area contributed by atoms with Crippen molar-refractivity contribution in [3.8, 4) is 5.75 Å². The molecule has 1 aromatic heterocycles. The molecule has 2 N–H and O–H groups in total. The Morgan fingerprint density at radius 2 is 1.87 bits per heavy atom. The summed E-state index contributed by atoms with van der Waals surface area (Å²) < 4.78 is 1.91. The molecule has 5 nitrogen and oxygen atoms in total. The fourth-order valence-electron chi connectivity index (χ4n) is 2.73. The van der Waals surface area contributed by atoms with Crippen molar-refractivity contribution in [2.75, 3.05) is 13.7 Å². The summed E-state index contributed by atoms with van der Waals surface area (Å²) in [5.74, 6) is -0.201. The highest BCUT2D eigenvalue weighted by molar-refractivity contribution is 5.30. The summed E-state index contributed by atoms with van der Waals surface area (Å²) in [7, 11) is 1.95. The average Bonchev–Trinajstić information content (AvgIpc) is 2.53. The number of aromatic nitrogens is 1. The highest BCUT2D eigenvalue weighted by Gasteiger charge is 2.15. The molecule has 0 aliphatic heterocycles. The maximum Gasteiger partial charge on any atom is 0.223 e. The van der Waals surface area contributed by atoms with E-state index in [0.717, 1.165) is 12.2 Å². The van der Waals surface area contributed by atoms with Crippen LogP contribution in [-0.4, -0.2) is 33.3 Å². The number of aryl methyl sites for hydroxylation is 1. The van der Waals surface area contributed by atoms with E-state index in [2.05, 4.69) is 4.90 Å². The highest BCUT2D eigenvalue weighted by Crippen LogP contribution is 2.18. The second-order valence-electron chi connectivity index (χ2n) is 5.83. The fourth-order valence-corrected chi connectivity index (χ4v) is 2.73. The largest absolute Gasteiger partial charge is 0.503 e. The summed E-state index contributed by atoms with van der Waals surface area (Å²) in [6.07, 6.45) is 0.582. The zero-order chi connectivity index (χ0) is 16.8. The number of aliphatic hydroxyl groups is 1. The van der Waals surface area contributed by atoms with E-state index in [1.165, 1.54) is 11.6 Å². The number of pyridine rings is 1. The average molecular weight is 316 g/mol. The zero-order valence-electron chi connectivity index (χ0n) is 13.7. The molecular weight excluding hydrogens is 292 g/mol. The summed E-state index contributed by atoms with van der Waals surface area (Å²) in [5.41, 5.74) is 2.21. The Labute approximate surface area is 136 Å². The van der Waals surface area contributed by atoms with Crippen LogP contribution in [0.1, 0.15) is 23.4 Å². The molecule has 2 rings (SSSR count). The number of aromatic hydroxyl groups is 1. The van der Waals surface area contributed by atoms with Gasteiger partial charge in [0.1, 0.15) is 0 Å². The zero-order valence-corrected chi connectivity index (χ0v) is 13.7. The first-order valence-corrected chi connectivity index (χ1v) is 7.78. The van der Waals surface area contributed by atoms with Gasteiger partial charge in [-0.05, 0) is 26.0 Å². The summed E-state index contributed by atoms with van der Waals surface area (Å²) in [4.78, 5) is 13.9. The molecule has 0 saturated heterocycles. The Hall–Kier alpha value is -2.11. The molecule has 0 spiro atoms. The van der Waals surface area contributed by atoms with E-state index >= 15 is 0 Å². The van der Waals surface area contributed by atoms with Gasteiger partial charge in [0.25, 0.3) is 0 Å². The van der Waals surface area contributed by atoms with Crippen LogP contribution >= 0.6 is 0 Å². The molecule has 0 radical (unpaired) electrons. The number of benzene rings is 1. The summed E-state index contributed by atoms with van der Waals surface area (Å²) in [6, 6.07) is 11.5. The minimum atomic E-state index is -0.356. The van der Waals surface area contributed by atoms with Gasteiger partial charge in [-0.3, -0.25) is 9.69 Å². The molecule has 0 aliphatic carbocycles. The molecule has 23 heavy (non-hydrogen) atoms. The van der Waals surface area contributed by atoms with Gasteiger partial charge in [-0.25, -0.2) is 0 Å². The normalized spacial score (nSPS) is 11.1. The van der Waals surface area contributed by atoms with Crippen molar-refractivity contribution in [3.63, 3.8) is 0 Å². The smallest absolute Gasteiger partial charge is 0.223 e. The lowest BCUT2D eigenvalue weighted by atomic mass is 10.2. The SMILES string of the molecule is Cc1cc(=O)c(O)c(CN(C)Cc2ccccc2)n1CCCO. The highest BCUT2D eigenvalue weighted by atomic mass is 16.3. The van der Waals surface area contributed by atoms with Gasteiger partial charge in [-0.2, -0.15) is 0 Å². The maximum atomic E-state index is 11.9. The Morgan fingerprint density at radius 3 is 2.52 bits per heavy atom. The van der Waals surface area contributed by atoms with Crippen molar-refractivity contribution in [1.29, 1.82) is 0 Å². The van der Waals surface area contributed by atoms with Gasteiger partial charge < -0.3 is 14.8 Å². The van der Waals surface area contributed by atoms with E-state index in [-0.39, 0.29) is 17.8 Å². The van der Waals surface area contributed by atoms with Crippen LogP contribution < -0.4 is 5.43 Å². The van der Waals surface area contributed by atoms with E-state index in [1.54, 1.807) is 0 Å². The number of hydrogen-bond donors (Lipinski definition) is 2. The van der Waals surface area contributed by atoms with Crippen LogP contribution in [0, 0.1) is 6.92 Å². The molecule has 5 heteroatoms. The predicted octanol–water partition coefficient (Wildman–Crippen LogP) is 1.88. The summed E-state index contributed by atoms with van der Waals surface area (Å²) >= 11 is 0. The number of nitrogens with zero attached hydrogens (tertiary/aromatic N) is 2. The molecular formula is C18H24N2O3. The minimum absolute atomic E-state index is 0.0750. The van der Waals surface area contributed by atoms with Crippen LogP contribution in [0.15, 0.2) is 41.2 Å². The molecule has 0 unspecified atom stereocenters. The monoisotopic (exact) mass is 316 g/mol. The van der Waals surface area contributed by atoms with Gasteiger partial charge in [0.05, 0.1) is 5.69 Å². The third-order valence-corrected chi connectivity index (χ3v) is 3.85. The van der Waals surface area contributed by atoms with Crippen molar-refractivity contribution >= 4 is 0 Å². The molecule has 0 bridgehead atoms. The first-order chi connectivity index (χ1) is 11.0. The van der Waals surface area contributed by atoms with E-state index in [4.69, 9.17) is 5.11 Å². The molecule has 0 saturated carbocycles. The van der Waals surface area contributed by atoms with E-state index in [9.17, 15) is 9.90 Å². The molecule has 0 atom stereocenters. The van der Waals surface area contributed by atoms with Gasteiger partial charge in [0, 0.05) is 38.0 Å². The molecule has 2 aromatic rings. The molecule has 124 valence electrons. The molecule has 0 aliphatic rings. The van der Waals surface area contributed by atoms with E-state index < -0.39 is 0 Å². The number of rotatable bonds is 7. The molecule has 1 heterocycles. The van der Waals surface area contributed by atoms with Crippen molar-refractivity contribution < 1.29 is 10.2 Å². The van der Waals surface area contributed by atoms with Crippen molar-refractivity contribution in [2.24, 2.45) is 0 Å². The van der Waals surface area contributed by atoms with Crippen LogP contribution in [0.5, 0.6) is 5.75 Å². The Morgan fingerprint density at radius 1 is 1.17 bits per heavy atom. The van der Waals surface area contributed by atoms with Crippen LogP contribution in [0.4, 0.5) is 0 Å². The molecule has 0 fully saturated rings. The van der Waals surface area contributed by atoms with Crippen LogP contribution in [0.25, 0.3) is 0 Å². The van der Waals surface area contributed by atoms with Gasteiger partial charge in [-0.15, -0.1) is 0 Å². The topological polar surface area (TPSA) is 65.7 Å². The van der Waals surface area contributed by atoms with Gasteiger partial charge >= 0.3 is 0 Å². The standard InChI is InChI=1S/C18H24N2O3/c1-14-11-17(22)18(23)16(20(14)9-6-10-21)13-19(2)12-15-7-4-3-5-8-15/h3-5,7-8,11,21,23H,6,9-10,12-13H2,1-2H3. The third-order valence-electron chi connectivity index (χ3n) is 3.85. The van der Waals surface area contributed by atoms with Crippen molar-refractivity contribution in [3.05, 3.63) is 63.6 Å². The maximum absolute atomic E-state index is 11.9. The van der Waals surface area contributed by atoms with E-state index in [1.807, 2.05) is 48.9 Å². The lowest BCUT2D eigenvalue weighted by molar-refractivity contribution is 0.270. The molecule has 1 aromatic carbocycles. The Balaban J connectivity index is 2.24. The second kappa shape index (κ2) is 7.94.